The number of rotatable bonds is 3. The molecule has 11 heavy (non-hydrogen) atoms. The van der Waals surface area contributed by atoms with Crippen molar-refractivity contribution in [3.8, 4) is 12.3 Å². The van der Waals surface area contributed by atoms with Gasteiger partial charge in [-0.05, 0) is 24.5 Å². The largest absolute Gasteiger partial charge is 0.392 e. The highest BCUT2D eigenvalue weighted by molar-refractivity contribution is 7.99. The molecule has 0 saturated carbocycles. The lowest BCUT2D eigenvalue weighted by atomic mass is 9.99. The highest BCUT2D eigenvalue weighted by atomic mass is 32.2. The lowest BCUT2D eigenvalue weighted by Crippen LogP contribution is -2.17. The molecule has 1 aliphatic rings. The van der Waals surface area contributed by atoms with Crippen LogP contribution in [0.1, 0.15) is 19.3 Å². The van der Waals surface area contributed by atoms with Crippen molar-refractivity contribution in [2.45, 2.75) is 25.4 Å². The molecule has 2 heteroatoms. The summed E-state index contributed by atoms with van der Waals surface area (Å²) in [6.45, 7) is 0. The molecule has 0 bridgehead atoms. The number of hydrogen-bond acceptors (Lipinski definition) is 2. The van der Waals surface area contributed by atoms with Crippen molar-refractivity contribution in [3.05, 3.63) is 0 Å². The smallest absolute Gasteiger partial charge is 0.0666 e. The zero-order chi connectivity index (χ0) is 8.10. The zero-order valence-electron chi connectivity index (χ0n) is 6.62. The normalized spacial score (nSPS) is 30.2. The first-order valence-corrected chi connectivity index (χ1v) is 5.19. The minimum atomic E-state index is -0.0715. The summed E-state index contributed by atoms with van der Waals surface area (Å²) in [6.07, 6.45) is 8.08. The van der Waals surface area contributed by atoms with Crippen LogP contribution in [-0.4, -0.2) is 22.7 Å². The molecule has 0 radical (unpaired) electrons. The standard InChI is InChI=1S/C9H14OS/c1-2-3-4-5-8-6-11-7-9(8)10/h1,8-10H,3-7H2. The van der Waals surface area contributed by atoms with Gasteiger partial charge in [-0.1, -0.05) is 0 Å². The first kappa shape index (κ1) is 8.96. The Bertz CT molecular complexity index is 150. The lowest BCUT2D eigenvalue weighted by Gasteiger charge is -2.11. The maximum Gasteiger partial charge on any atom is 0.0666 e. The van der Waals surface area contributed by atoms with Gasteiger partial charge in [0.1, 0.15) is 0 Å². The van der Waals surface area contributed by atoms with Crippen LogP contribution in [0.2, 0.25) is 0 Å². The molecule has 1 heterocycles. The van der Waals surface area contributed by atoms with Crippen molar-refractivity contribution in [3.63, 3.8) is 0 Å². The molecule has 0 aliphatic carbocycles. The topological polar surface area (TPSA) is 20.2 Å². The van der Waals surface area contributed by atoms with Crippen LogP contribution >= 0.6 is 11.8 Å². The van der Waals surface area contributed by atoms with Crippen molar-refractivity contribution in [1.29, 1.82) is 0 Å². The Morgan fingerprint density at radius 2 is 2.36 bits per heavy atom. The van der Waals surface area contributed by atoms with Gasteiger partial charge in [0.05, 0.1) is 6.10 Å². The van der Waals surface area contributed by atoms with Gasteiger partial charge in [-0.3, -0.25) is 0 Å². The van der Waals surface area contributed by atoms with E-state index in [1.165, 1.54) is 0 Å². The first-order chi connectivity index (χ1) is 5.34. The van der Waals surface area contributed by atoms with E-state index in [2.05, 4.69) is 5.92 Å². The van der Waals surface area contributed by atoms with E-state index < -0.39 is 0 Å². The predicted molar refractivity (Wildman–Crippen MR) is 49.5 cm³/mol. The molecule has 0 aromatic rings. The Balaban J connectivity index is 2.11. The van der Waals surface area contributed by atoms with E-state index in [0.717, 1.165) is 30.8 Å². The van der Waals surface area contributed by atoms with Crippen LogP contribution < -0.4 is 0 Å². The van der Waals surface area contributed by atoms with Gasteiger partial charge in [-0.2, -0.15) is 11.8 Å². The van der Waals surface area contributed by atoms with Crippen LogP contribution in [0.15, 0.2) is 0 Å². The van der Waals surface area contributed by atoms with Gasteiger partial charge in [0.25, 0.3) is 0 Å². The van der Waals surface area contributed by atoms with Gasteiger partial charge in [0, 0.05) is 12.2 Å². The monoisotopic (exact) mass is 170 g/mol. The Kier molecular flexibility index (Phi) is 3.82. The molecule has 0 aromatic carbocycles. The molecule has 0 spiro atoms. The van der Waals surface area contributed by atoms with Gasteiger partial charge in [-0.25, -0.2) is 0 Å². The second kappa shape index (κ2) is 4.69. The molecule has 1 saturated heterocycles. The van der Waals surface area contributed by atoms with Crippen molar-refractivity contribution in [2.24, 2.45) is 5.92 Å². The molecule has 62 valence electrons. The molecule has 1 N–H and O–H groups in total. The predicted octanol–water partition coefficient (Wildman–Crippen LogP) is 1.51. The van der Waals surface area contributed by atoms with Crippen LogP contribution in [-0.2, 0) is 0 Å². The summed E-state index contributed by atoms with van der Waals surface area (Å²) in [4.78, 5) is 0. The van der Waals surface area contributed by atoms with Crippen LogP contribution in [0, 0.1) is 18.3 Å². The number of aliphatic hydroxyl groups is 1. The molecule has 1 rings (SSSR count). The van der Waals surface area contributed by atoms with Crippen molar-refractivity contribution in [1.82, 2.24) is 0 Å². The Morgan fingerprint density at radius 3 is 2.91 bits per heavy atom. The molecular formula is C9H14OS. The van der Waals surface area contributed by atoms with Gasteiger partial charge >= 0.3 is 0 Å². The van der Waals surface area contributed by atoms with E-state index in [0.29, 0.717) is 5.92 Å². The molecule has 1 fully saturated rings. The highest BCUT2D eigenvalue weighted by Gasteiger charge is 2.24. The summed E-state index contributed by atoms with van der Waals surface area (Å²) < 4.78 is 0. The molecular weight excluding hydrogens is 156 g/mol. The third-order valence-electron chi connectivity index (χ3n) is 2.06. The Morgan fingerprint density at radius 1 is 1.55 bits per heavy atom. The average Bonchev–Trinajstić information content (AvgIpc) is 2.37. The Labute approximate surface area is 72.6 Å². The highest BCUT2D eigenvalue weighted by Crippen LogP contribution is 2.27. The minimum absolute atomic E-state index is 0.0715. The first-order valence-electron chi connectivity index (χ1n) is 4.04. The summed E-state index contributed by atoms with van der Waals surface area (Å²) in [7, 11) is 0. The van der Waals surface area contributed by atoms with Gasteiger partial charge < -0.3 is 5.11 Å². The van der Waals surface area contributed by atoms with Gasteiger partial charge in [-0.15, -0.1) is 12.3 Å². The van der Waals surface area contributed by atoms with E-state index in [1.807, 2.05) is 11.8 Å². The van der Waals surface area contributed by atoms with Gasteiger partial charge in [0.15, 0.2) is 0 Å². The van der Waals surface area contributed by atoms with E-state index >= 15 is 0 Å². The second-order valence-corrected chi connectivity index (χ2v) is 4.04. The number of terminal acetylenes is 1. The fourth-order valence-electron chi connectivity index (χ4n) is 1.33. The van der Waals surface area contributed by atoms with Crippen LogP contribution in [0.4, 0.5) is 0 Å². The summed E-state index contributed by atoms with van der Waals surface area (Å²) in [6, 6.07) is 0. The average molecular weight is 170 g/mol. The zero-order valence-corrected chi connectivity index (χ0v) is 7.44. The molecule has 2 atom stereocenters. The van der Waals surface area contributed by atoms with Gasteiger partial charge in [0.2, 0.25) is 0 Å². The summed E-state index contributed by atoms with van der Waals surface area (Å²) in [5, 5.41) is 9.42. The van der Waals surface area contributed by atoms with E-state index in [-0.39, 0.29) is 6.10 Å². The summed E-state index contributed by atoms with van der Waals surface area (Å²) in [5.74, 6) is 5.16. The maximum atomic E-state index is 9.42. The summed E-state index contributed by atoms with van der Waals surface area (Å²) >= 11 is 1.85. The fourth-order valence-corrected chi connectivity index (χ4v) is 2.67. The number of unbranched alkanes of at least 4 members (excludes halogenated alkanes) is 1. The Hall–Kier alpha value is -0.130. The molecule has 0 amide bonds. The van der Waals surface area contributed by atoms with Crippen molar-refractivity contribution < 1.29 is 5.11 Å². The van der Waals surface area contributed by atoms with Crippen molar-refractivity contribution in [2.75, 3.05) is 11.5 Å². The van der Waals surface area contributed by atoms with E-state index in [4.69, 9.17) is 6.42 Å². The van der Waals surface area contributed by atoms with E-state index in [9.17, 15) is 5.11 Å². The quantitative estimate of drug-likeness (QED) is 0.512. The third-order valence-corrected chi connectivity index (χ3v) is 3.30. The minimum Gasteiger partial charge on any atom is -0.392 e. The SMILES string of the molecule is C#CCCCC1CSCC1O. The fraction of sp³-hybridized carbons (Fsp3) is 0.778. The molecule has 1 aliphatic heterocycles. The molecule has 0 aromatic heterocycles. The summed E-state index contributed by atoms with van der Waals surface area (Å²) in [5.41, 5.74) is 0. The molecule has 1 nitrogen and oxygen atoms in total. The molecule has 2 unspecified atom stereocenters. The van der Waals surface area contributed by atoms with Crippen molar-refractivity contribution >= 4 is 11.8 Å². The second-order valence-electron chi connectivity index (χ2n) is 2.96. The number of aliphatic hydroxyl groups excluding tert-OH is 1. The lowest BCUT2D eigenvalue weighted by molar-refractivity contribution is 0.144. The number of thioether (sulfide) groups is 1. The van der Waals surface area contributed by atoms with Crippen LogP contribution in [0.25, 0.3) is 0 Å². The number of hydrogen-bond donors (Lipinski definition) is 1. The maximum absolute atomic E-state index is 9.42. The van der Waals surface area contributed by atoms with Crippen LogP contribution in [0.5, 0.6) is 0 Å². The third kappa shape index (κ3) is 2.76. The van der Waals surface area contributed by atoms with E-state index in [1.54, 1.807) is 0 Å². The van der Waals surface area contributed by atoms with Crippen LogP contribution in [0.3, 0.4) is 0 Å².